The number of carbonyl (C=O) groups excluding carboxylic acids is 2. The van der Waals surface area contributed by atoms with Gasteiger partial charge in [-0.05, 0) is 82.9 Å². The number of hydrogen-bond donors (Lipinski definition) is 2. The molecule has 0 bridgehead atoms. The average Bonchev–Trinajstić information content (AvgIpc) is 2.67. The number of anilines is 2. The lowest BCUT2D eigenvalue weighted by Crippen LogP contribution is -2.37. The van der Waals surface area contributed by atoms with Crippen LogP contribution in [0.4, 0.5) is 11.4 Å². The molecule has 28 heavy (non-hydrogen) atoms. The van der Waals surface area contributed by atoms with Gasteiger partial charge in [0, 0.05) is 11.4 Å². The van der Waals surface area contributed by atoms with Crippen molar-refractivity contribution in [2.45, 2.75) is 52.4 Å². The fraction of sp³-hybridized carbons (Fsp3) is 0.636. The Bertz CT molecular complexity index is 637. The van der Waals surface area contributed by atoms with E-state index in [4.69, 9.17) is 0 Å². The highest BCUT2D eigenvalue weighted by atomic mass is 16.2. The summed E-state index contributed by atoms with van der Waals surface area (Å²) in [5.41, 5.74) is 3.58. The highest BCUT2D eigenvalue weighted by Gasteiger charge is 2.17. The summed E-state index contributed by atoms with van der Waals surface area (Å²) in [7, 11) is 0. The Balaban J connectivity index is 1.59. The van der Waals surface area contributed by atoms with Crippen LogP contribution in [0.25, 0.3) is 0 Å². The van der Waals surface area contributed by atoms with Gasteiger partial charge in [0.1, 0.15) is 0 Å². The van der Waals surface area contributed by atoms with Gasteiger partial charge in [0.15, 0.2) is 0 Å². The first-order valence-electron chi connectivity index (χ1n) is 10.7. The zero-order chi connectivity index (χ0) is 19.9. The van der Waals surface area contributed by atoms with Crippen molar-refractivity contribution in [3.05, 3.63) is 23.3 Å². The Labute approximate surface area is 168 Å². The van der Waals surface area contributed by atoms with Gasteiger partial charge in [0.05, 0.1) is 13.1 Å². The van der Waals surface area contributed by atoms with Gasteiger partial charge in [-0.25, -0.2) is 0 Å². The lowest BCUT2D eigenvalue weighted by Gasteiger charge is -2.26. The molecule has 6 heteroatoms. The maximum absolute atomic E-state index is 12.5. The second kappa shape index (κ2) is 10.0. The zero-order valence-electron chi connectivity index (χ0n) is 17.4. The van der Waals surface area contributed by atoms with Crippen molar-refractivity contribution in [2.75, 3.05) is 49.9 Å². The second-order valence-electron chi connectivity index (χ2n) is 8.25. The Morgan fingerprint density at radius 3 is 1.50 bits per heavy atom. The van der Waals surface area contributed by atoms with Crippen LogP contribution >= 0.6 is 0 Å². The summed E-state index contributed by atoms with van der Waals surface area (Å²) in [5.74, 6) is 0.0268. The summed E-state index contributed by atoms with van der Waals surface area (Å²) < 4.78 is 0. The van der Waals surface area contributed by atoms with Crippen LogP contribution in [0.1, 0.15) is 49.7 Å². The normalized spacial score (nSPS) is 18.6. The number of nitrogens with zero attached hydrogens (tertiary/aromatic N) is 2. The summed E-state index contributed by atoms with van der Waals surface area (Å²) in [6, 6.07) is 3.92. The Morgan fingerprint density at radius 2 is 1.11 bits per heavy atom. The van der Waals surface area contributed by atoms with Crippen LogP contribution in [0, 0.1) is 13.8 Å². The number of likely N-dealkylation sites (tertiary alicyclic amines) is 2. The quantitative estimate of drug-likeness (QED) is 0.788. The van der Waals surface area contributed by atoms with Gasteiger partial charge in [-0.1, -0.05) is 18.9 Å². The number of benzene rings is 1. The molecule has 2 amide bonds. The van der Waals surface area contributed by atoms with Crippen molar-refractivity contribution in [1.29, 1.82) is 0 Å². The van der Waals surface area contributed by atoms with Crippen molar-refractivity contribution in [2.24, 2.45) is 0 Å². The van der Waals surface area contributed by atoms with E-state index in [-0.39, 0.29) is 11.8 Å². The largest absolute Gasteiger partial charge is 0.325 e. The van der Waals surface area contributed by atoms with E-state index in [1.54, 1.807) is 0 Å². The molecule has 2 N–H and O–H groups in total. The van der Waals surface area contributed by atoms with Gasteiger partial charge in [-0.15, -0.1) is 0 Å². The van der Waals surface area contributed by atoms with E-state index in [0.29, 0.717) is 13.1 Å². The number of carbonyl (C=O) groups is 2. The third-order valence-corrected chi connectivity index (χ3v) is 5.75. The third-order valence-electron chi connectivity index (χ3n) is 5.75. The number of rotatable bonds is 6. The number of nitrogens with one attached hydrogen (secondary N) is 2. The Hall–Kier alpha value is -1.92. The average molecular weight is 387 g/mol. The monoisotopic (exact) mass is 386 g/mol. The van der Waals surface area contributed by atoms with Crippen LogP contribution in [0.15, 0.2) is 12.1 Å². The van der Waals surface area contributed by atoms with E-state index in [0.717, 1.165) is 48.7 Å². The Kier molecular flexibility index (Phi) is 7.45. The van der Waals surface area contributed by atoms with Crippen LogP contribution in [0.2, 0.25) is 0 Å². The first kappa shape index (κ1) is 20.8. The molecule has 0 saturated carbocycles. The Morgan fingerprint density at radius 1 is 0.714 bits per heavy atom. The van der Waals surface area contributed by atoms with Gasteiger partial charge in [-0.2, -0.15) is 0 Å². The predicted octanol–water partition coefficient (Wildman–Crippen LogP) is 3.15. The van der Waals surface area contributed by atoms with Gasteiger partial charge < -0.3 is 10.6 Å². The van der Waals surface area contributed by atoms with Crippen LogP contribution in [-0.4, -0.2) is 60.9 Å². The minimum absolute atomic E-state index is 0.0134. The molecule has 0 atom stereocenters. The molecule has 6 nitrogen and oxygen atoms in total. The molecular formula is C22H34N4O2. The van der Waals surface area contributed by atoms with Crippen LogP contribution < -0.4 is 10.6 Å². The van der Waals surface area contributed by atoms with Crippen LogP contribution in [0.5, 0.6) is 0 Å². The summed E-state index contributed by atoms with van der Waals surface area (Å²) in [6.45, 7) is 8.84. The molecule has 1 aromatic rings. The molecule has 2 aliphatic rings. The molecule has 0 aromatic heterocycles. The van der Waals surface area contributed by atoms with Gasteiger partial charge >= 0.3 is 0 Å². The van der Waals surface area contributed by atoms with Gasteiger partial charge in [0.25, 0.3) is 0 Å². The fourth-order valence-electron chi connectivity index (χ4n) is 4.14. The van der Waals surface area contributed by atoms with Crippen LogP contribution in [-0.2, 0) is 9.59 Å². The maximum atomic E-state index is 12.5. The SMILES string of the molecule is Cc1cc(C)c(NC(=O)CN2CCCCC2)cc1NC(=O)CN1CCCCC1. The summed E-state index contributed by atoms with van der Waals surface area (Å²) in [4.78, 5) is 29.4. The molecule has 0 unspecified atom stereocenters. The first-order valence-corrected chi connectivity index (χ1v) is 10.7. The minimum atomic E-state index is 0.0134. The molecule has 154 valence electrons. The topological polar surface area (TPSA) is 64.7 Å². The van der Waals surface area contributed by atoms with E-state index in [1.807, 2.05) is 26.0 Å². The predicted molar refractivity (Wildman–Crippen MR) is 114 cm³/mol. The molecule has 2 fully saturated rings. The number of hydrogen-bond acceptors (Lipinski definition) is 4. The van der Waals surface area contributed by atoms with Crippen molar-refractivity contribution in [3.63, 3.8) is 0 Å². The summed E-state index contributed by atoms with van der Waals surface area (Å²) in [6.07, 6.45) is 7.20. The molecular weight excluding hydrogens is 352 g/mol. The standard InChI is InChI=1S/C22H34N4O2/c1-17-13-18(2)20(24-22(28)16-26-11-7-4-8-12-26)14-19(17)23-21(27)15-25-9-5-3-6-10-25/h13-14H,3-12,15-16H2,1-2H3,(H,23,27)(H,24,28). The van der Waals surface area contributed by atoms with E-state index in [2.05, 4.69) is 20.4 Å². The summed E-state index contributed by atoms with van der Waals surface area (Å²) in [5, 5.41) is 6.07. The highest BCUT2D eigenvalue weighted by Crippen LogP contribution is 2.25. The molecule has 0 spiro atoms. The van der Waals surface area contributed by atoms with Crippen molar-refractivity contribution < 1.29 is 9.59 Å². The third kappa shape index (κ3) is 6.04. The summed E-state index contributed by atoms with van der Waals surface area (Å²) >= 11 is 0. The molecule has 3 rings (SSSR count). The molecule has 0 aliphatic carbocycles. The molecule has 2 saturated heterocycles. The molecule has 0 radical (unpaired) electrons. The van der Waals surface area contributed by atoms with Crippen LogP contribution in [0.3, 0.4) is 0 Å². The first-order chi connectivity index (χ1) is 13.5. The lowest BCUT2D eigenvalue weighted by molar-refractivity contribution is -0.118. The maximum Gasteiger partial charge on any atom is 0.238 e. The van der Waals surface area contributed by atoms with Gasteiger partial charge in [-0.3, -0.25) is 19.4 Å². The highest BCUT2D eigenvalue weighted by molar-refractivity contribution is 5.96. The molecule has 2 heterocycles. The van der Waals surface area contributed by atoms with E-state index >= 15 is 0 Å². The molecule has 1 aromatic carbocycles. The smallest absolute Gasteiger partial charge is 0.238 e. The van der Waals surface area contributed by atoms with Gasteiger partial charge in [0.2, 0.25) is 11.8 Å². The van der Waals surface area contributed by atoms with Crippen molar-refractivity contribution in [3.8, 4) is 0 Å². The minimum Gasteiger partial charge on any atom is -0.325 e. The number of amides is 2. The zero-order valence-corrected chi connectivity index (χ0v) is 17.4. The number of aryl methyl sites for hydroxylation is 2. The fourth-order valence-corrected chi connectivity index (χ4v) is 4.14. The second-order valence-corrected chi connectivity index (χ2v) is 8.25. The van der Waals surface area contributed by atoms with Crippen molar-refractivity contribution >= 4 is 23.2 Å². The van der Waals surface area contributed by atoms with E-state index in [1.165, 1.54) is 38.5 Å². The lowest BCUT2D eigenvalue weighted by atomic mass is 10.1. The number of piperidine rings is 2. The molecule has 2 aliphatic heterocycles. The van der Waals surface area contributed by atoms with Crippen molar-refractivity contribution in [1.82, 2.24) is 9.80 Å². The van der Waals surface area contributed by atoms with E-state index in [9.17, 15) is 9.59 Å². The van der Waals surface area contributed by atoms with E-state index < -0.39 is 0 Å².